The van der Waals surface area contributed by atoms with E-state index in [1.807, 2.05) is 18.2 Å². The second-order valence-corrected chi connectivity index (χ2v) is 11.0. The smallest absolute Gasteiger partial charge is 0.264 e. The van der Waals surface area contributed by atoms with Crippen molar-refractivity contribution in [2.75, 3.05) is 40.3 Å². The highest BCUT2D eigenvalue weighted by Crippen LogP contribution is 2.38. The first-order valence-electron chi connectivity index (χ1n) is 12.3. The van der Waals surface area contributed by atoms with Gasteiger partial charge >= 0.3 is 0 Å². The summed E-state index contributed by atoms with van der Waals surface area (Å²) in [5.41, 5.74) is 1.48. The molecule has 182 valence electrons. The summed E-state index contributed by atoms with van der Waals surface area (Å²) in [5, 5.41) is 4.09. The molecule has 35 heavy (non-hydrogen) atoms. The van der Waals surface area contributed by atoms with E-state index in [4.69, 9.17) is 16.3 Å². The minimum atomic E-state index is -0.0666. The molecule has 5 rings (SSSR count). The highest BCUT2D eigenvalue weighted by molar-refractivity contribution is 7.21. The molecule has 4 nitrogen and oxygen atoms in total. The number of hydrogen-bond acceptors (Lipinski definition) is 4. The second-order valence-electron chi connectivity index (χ2n) is 9.53. The van der Waals surface area contributed by atoms with E-state index in [0.29, 0.717) is 22.4 Å². The standard InChI is InChI=1S/C29H31ClN2O2S/c1-31(2)29(33)28-27(30)25-11-10-24(19-26(25)35-28)34-17-5-14-32-15-12-21(13-16-32)23-9-8-20-6-3-4-7-22(20)18-23/h3-4,6-11,18-19,21H,5,12-17H2,1-2H3. The summed E-state index contributed by atoms with van der Waals surface area (Å²) in [7, 11) is 3.48. The molecule has 0 spiro atoms. The van der Waals surface area contributed by atoms with Crippen LogP contribution in [0.25, 0.3) is 20.9 Å². The summed E-state index contributed by atoms with van der Waals surface area (Å²) in [6, 6.07) is 21.5. The quantitative estimate of drug-likeness (QED) is 0.251. The van der Waals surface area contributed by atoms with Crippen LogP contribution in [-0.4, -0.2) is 56.0 Å². The molecule has 1 aromatic heterocycles. The van der Waals surface area contributed by atoms with Crippen LogP contribution in [0.3, 0.4) is 0 Å². The van der Waals surface area contributed by atoms with Crippen molar-refractivity contribution in [3.05, 3.63) is 76.1 Å². The number of hydrogen-bond donors (Lipinski definition) is 0. The number of amides is 1. The predicted octanol–water partition coefficient (Wildman–Crippen LogP) is 7.06. The molecule has 3 aromatic carbocycles. The molecule has 0 radical (unpaired) electrons. The van der Waals surface area contributed by atoms with Crippen molar-refractivity contribution in [3.63, 3.8) is 0 Å². The van der Waals surface area contributed by atoms with E-state index in [0.717, 1.165) is 41.9 Å². The molecule has 0 unspecified atom stereocenters. The van der Waals surface area contributed by atoms with Crippen molar-refractivity contribution < 1.29 is 9.53 Å². The van der Waals surface area contributed by atoms with E-state index in [1.54, 1.807) is 19.0 Å². The number of ether oxygens (including phenoxy) is 1. The third-order valence-corrected chi connectivity index (χ3v) is 8.57. The maximum Gasteiger partial charge on any atom is 0.264 e. The number of carbonyl (C=O) groups excluding carboxylic acids is 1. The lowest BCUT2D eigenvalue weighted by Crippen LogP contribution is -2.34. The van der Waals surface area contributed by atoms with E-state index >= 15 is 0 Å². The van der Waals surface area contributed by atoms with Gasteiger partial charge in [0.2, 0.25) is 0 Å². The molecule has 6 heteroatoms. The maximum absolute atomic E-state index is 12.4. The Labute approximate surface area is 216 Å². The topological polar surface area (TPSA) is 32.8 Å². The van der Waals surface area contributed by atoms with Gasteiger partial charge in [-0.1, -0.05) is 54.1 Å². The van der Waals surface area contributed by atoms with Gasteiger partial charge in [-0.2, -0.15) is 0 Å². The molecule has 1 aliphatic heterocycles. The third kappa shape index (κ3) is 5.32. The Morgan fingerprint density at radius 3 is 2.60 bits per heavy atom. The average molecular weight is 507 g/mol. The fourth-order valence-electron chi connectivity index (χ4n) is 4.91. The van der Waals surface area contributed by atoms with Crippen molar-refractivity contribution >= 4 is 49.7 Å². The summed E-state index contributed by atoms with van der Waals surface area (Å²) in [6.07, 6.45) is 3.42. The second kappa shape index (κ2) is 10.6. The van der Waals surface area contributed by atoms with Crippen LogP contribution in [-0.2, 0) is 0 Å². The molecule has 0 saturated carbocycles. The molecule has 1 fully saturated rings. The fourth-order valence-corrected chi connectivity index (χ4v) is 6.47. The molecule has 0 bridgehead atoms. The van der Waals surface area contributed by atoms with Gasteiger partial charge in [0.05, 0.1) is 11.6 Å². The lowest BCUT2D eigenvalue weighted by Gasteiger charge is -2.32. The van der Waals surface area contributed by atoms with Crippen LogP contribution in [0, 0.1) is 0 Å². The molecule has 0 N–H and O–H groups in total. The van der Waals surface area contributed by atoms with Crippen molar-refractivity contribution in [1.29, 1.82) is 0 Å². The Hall–Kier alpha value is -2.60. The number of likely N-dealkylation sites (tertiary alicyclic amines) is 1. The molecule has 2 heterocycles. The van der Waals surface area contributed by atoms with Gasteiger partial charge in [0.15, 0.2) is 0 Å². The van der Waals surface area contributed by atoms with Crippen LogP contribution in [0.15, 0.2) is 60.7 Å². The van der Waals surface area contributed by atoms with Crippen LogP contribution in [0.2, 0.25) is 5.02 Å². The maximum atomic E-state index is 12.4. The van der Waals surface area contributed by atoms with Gasteiger partial charge < -0.3 is 14.5 Å². The molecule has 1 amide bonds. The zero-order chi connectivity index (χ0) is 24.4. The zero-order valence-corrected chi connectivity index (χ0v) is 21.9. The Kier molecular flexibility index (Phi) is 7.28. The SMILES string of the molecule is CN(C)C(=O)c1sc2cc(OCCCN3CCC(c4ccc5ccccc5c4)CC3)ccc2c1Cl. The van der Waals surface area contributed by atoms with Crippen molar-refractivity contribution in [1.82, 2.24) is 9.80 Å². The number of carbonyl (C=O) groups is 1. The number of thiophene rings is 1. The Bertz CT molecular complexity index is 1340. The summed E-state index contributed by atoms with van der Waals surface area (Å²) in [6.45, 7) is 4.01. The van der Waals surface area contributed by atoms with Crippen LogP contribution in [0.1, 0.15) is 40.4 Å². The first kappa shape index (κ1) is 24.1. The summed E-state index contributed by atoms with van der Waals surface area (Å²) < 4.78 is 7.02. The minimum Gasteiger partial charge on any atom is -0.493 e. The summed E-state index contributed by atoms with van der Waals surface area (Å²) in [4.78, 5) is 17.0. The van der Waals surface area contributed by atoms with Crippen molar-refractivity contribution in [2.24, 2.45) is 0 Å². The molecule has 1 aliphatic rings. The Morgan fingerprint density at radius 1 is 1.06 bits per heavy atom. The van der Waals surface area contributed by atoms with Crippen LogP contribution >= 0.6 is 22.9 Å². The number of nitrogens with zero attached hydrogens (tertiary/aromatic N) is 2. The van der Waals surface area contributed by atoms with Gasteiger partial charge in [0.25, 0.3) is 5.91 Å². The van der Waals surface area contributed by atoms with E-state index in [-0.39, 0.29) is 5.91 Å². The molecular weight excluding hydrogens is 476 g/mol. The Balaban J connectivity index is 1.10. The number of benzene rings is 3. The Morgan fingerprint density at radius 2 is 1.83 bits per heavy atom. The number of piperidine rings is 1. The van der Waals surface area contributed by atoms with E-state index < -0.39 is 0 Å². The first-order valence-corrected chi connectivity index (χ1v) is 13.5. The fraction of sp³-hybridized carbons (Fsp3) is 0.345. The minimum absolute atomic E-state index is 0.0666. The number of rotatable bonds is 7. The monoisotopic (exact) mass is 506 g/mol. The first-order chi connectivity index (χ1) is 17.0. The third-order valence-electron chi connectivity index (χ3n) is 6.92. The molecule has 0 atom stereocenters. The predicted molar refractivity (Wildman–Crippen MR) is 147 cm³/mol. The van der Waals surface area contributed by atoms with E-state index in [1.165, 1.54) is 40.5 Å². The van der Waals surface area contributed by atoms with Gasteiger partial charge in [0, 0.05) is 30.7 Å². The molecule has 0 aliphatic carbocycles. The van der Waals surface area contributed by atoms with Gasteiger partial charge in [-0.15, -0.1) is 11.3 Å². The van der Waals surface area contributed by atoms with Gasteiger partial charge in [-0.05, 0) is 72.8 Å². The highest BCUT2D eigenvalue weighted by atomic mass is 35.5. The summed E-state index contributed by atoms with van der Waals surface area (Å²) >= 11 is 7.88. The van der Waals surface area contributed by atoms with Gasteiger partial charge in [-0.3, -0.25) is 4.79 Å². The van der Waals surface area contributed by atoms with Gasteiger partial charge in [0.1, 0.15) is 10.6 Å². The molecule has 1 saturated heterocycles. The number of fused-ring (bicyclic) bond motifs is 2. The highest BCUT2D eigenvalue weighted by Gasteiger charge is 2.21. The lowest BCUT2D eigenvalue weighted by molar-refractivity contribution is 0.0832. The van der Waals surface area contributed by atoms with E-state index in [2.05, 4.69) is 47.4 Å². The molecule has 4 aromatic rings. The van der Waals surface area contributed by atoms with Crippen LogP contribution in [0.5, 0.6) is 5.75 Å². The van der Waals surface area contributed by atoms with Crippen molar-refractivity contribution in [3.8, 4) is 5.75 Å². The normalized spacial score (nSPS) is 15.1. The molecular formula is C29H31ClN2O2S. The zero-order valence-electron chi connectivity index (χ0n) is 20.3. The van der Waals surface area contributed by atoms with Gasteiger partial charge in [-0.25, -0.2) is 0 Å². The van der Waals surface area contributed by atoms with Crippen LogP contribution < -0.4 is 4.74 Å². The van der Waals surface area contributed by atoms with Crippen LogP contribution in [0.4, 0.5) is 0 Å². The number of halogens is 1. The largest absolute Gasteiger partial charge is 0.493 e. The lowest BCUT2D eigenvalue weighted by atomic mass is 9.88. The summed E-state index contributed by atoms with van der Waals surface area (Å²) in [5.74, 6) is 1.41. The van der Waals surface area contributed by atoms with E-state index in [9.17, 15) is 4.79 Å². The van der Waals surface area contributed by atoms with Crippen molar-refractivity contribution in [2.45, 2.75) is 25.2 Å². The average Bonchev–Trinajstić information content (AvgIpc) is 3.21.